The monoisotopic (exact) mass is 192 g/mol. The first kappa shape index (κ1) is 9.06. The van der Waals surface area contributed by atoms with Gasteiger partial charge in [-0.3, -0.25) is 0 Å². The van der Waals surface area contributed by atoms with E-state index in [4.69, 9.17) is 9.47 Å². The first-order valence-corrected chi connectivity index (χ1v) is 4.65. The molecule has 0 aromatic heterocycles. The van der Waals surface area contributed by atoms with Gasteiger partial charge in [-0.05, 0) is 12.5 Å². The summed E-state index contributed by atoms with van der Waals surface area (Å²) in [6, 6.07) is 5.57. The van der Waals surface area contributed by atoms with Crippen molar-refractivity contribution in [2.45, 2.75) is 19.4 Å². The number of fused-ring (bicyclic) bond motifs is 1. The van der Waals surface area contributed by atoms with Crippen LogP contribution in [-0.2, 0) is 4.74 Å². The lowest BCUT2D eigenvalue weighted by Crippen LogP contribution is -1.98. The van der Waals surface area contributed by atoms with Crippen molar-refractivity contribution in [2.75, 3.05) is 7.11 Å². The van der Waals surface area contributed by atoms with Crippen LogP contribution in [-0.4, -0.2) is 13.1 Å². The number of methoxy groups -OCH3 is 1. The van der Waals surface area contributed by atoms with Gasteiger partial charge in [0.05, 0.1) is 7.11 Å². The molecule has 3 nitrogen and oxygen atoms in total. The number of carbonyl (C=O) groups excluding carboxylic acids is 1. The Labute approximate surface area is 82.6 Å². The molecule has 1 atom stereocenters. The molecule has 0 amide bonds. The number of ether oxygens (including phenoxy) is 2. The van der Waals surface area contributed by atoms with Crippen molar-refractivity contribution in [3.63, 3.8) is 0 Å². The van der Waals surface area contributed by atoms with Gasteiger partial charge in [0.25, 0.3) is 0 Å². The lowest BCUT2D eigenvalue weighted by atomic mass is 10.0. The summed E-state index contributed by atoms with van der Waals surface area (Å²) >= 11 is 0. The fourth-order valence-electron chi connectivity index (χ4n) is 1.76. The van der Waals surface area contributed by atoms with E-state index in [9.17, 15) is 4.79 Å². The second-order valence-corrected chi connectivity index (χ2v) is 3.23. The summed E-state index contributed by atoms with van der Waals surface area (Å²) in [4.78, 5) is 11.5. The Morgan fingerprint density at radius 2 is 2.29 bits per heavy atom. The number of hydrogen-bond acceptors (Lipinski definition) is 3. The smallest absolute Gasteiger partial charge is 0.342 e. The Kier molecular flexibility index (Phi) is 2.15. The third kappa shape index (κ3) is 1.16. The SMILES string of the molecule is CCC1OC(=O)c2c(OC)cccc21. The average molecular weight is 192 g/mol. The van der Waals surface area contributed by atoms with Crippen LogP contribution in [0.1, 0.15) is 35.4 Å². The fraction of sp³-hybridized carbons (Fsp3) is 0.364. The molecule has 74 valence electrons. The largest absolute Gasteiger partial charge is 0.496 e. The van der Waals surface area contributed by atoms with Crippen LogP contribution in [0.2, 0.25) is 0 Å². The third-order valence-electron chi connectivity index (χ3n) is 2.45. The number of carbonyl (C=O) groups is 1. The molecule has 14 heavy (non-hydrogen) atoms. The van der Waals surface area contributed by atoms with Crippen molar-refractivity contribution < 1.29 is 14.3 Å². The molecule has 0 radical (unpaired) electrons. The molecule has 1 unspecified atom stereocenters. The van der Waals surface area contributed by atoms with Crippen molar-refractivity contribution >= 4 is 5.97 Å². The minimum absolute atomic E-state index is 0.104. The van der Waals surface area contributed by atoms with Gasteiger partial charge in [0, 0.05) is 5.56 Å². The van der Waals surface area contributed by atoms with E-state index >= 15 is 0 Å². The predicted octanol–water partition coefficient (Wildman–Crippen LogP) is 2.32. The van der Waals surface area contributed by atoms with E-state index in [1.54, 1.807) is 13.2 Å². The molecule has 1 aliphatic heterocycles. The van der Waals surface area contributed by atoms with Crippen molar-refractivity contribution in [3.8, 4) is 5.75 Å². The number of esters is 1. The van der Waals surface area contributed by atoms with Gasteiger partial charge in [-0.2, -0.15) is 0 Å². The Morgan fingerprint density at radius 3 is 2.93 bits per heavy atom. The van der Waals surface area contributed by atoms with Gasteiger partial charge >= 0.3 is 5.97 Å². The Bertz CT molecular complexity index is 371. The van der Waals surface area contributed by atoms with E-state index in [0.29, 0.717) is 11.3 Å². The van der Waals surface area contributed by atoms with E-state index in [-0.39, 0.29) is 12.1 Å². The number of hydrogen-bond donors (Lipinski definition) is 0. The van der Waals surface area contributed by atoms with E-state index in [1.807, 2.05) is 19.1 Å². The molecule has 3 heteroatoms. The molecular formula is C11H12O3. The number of rotatable bonds is 2. The van der Waals surface area contributed by atoms with Crippen LogP contribution in [0.4, 0.5) is 0 Å². The molecule has 0 bridgehead atoms. The summed E-state index contributed by atoms with van der Waals surface area (Å²) in [5.41, 5.74) is 1.53. The van der Waals surface area contributed by atoms with Crippen LogP contribution < -0.4 is 4.74 Å². The summed E-state index contributed by atoms with van der Waals surface area (Å²) < 4.78 is 10.3. The highest BCUT2D eigenvalue weighted by Gasteiger charge is 2.32. The Balaban J connectivity index is 2.55. The molecule has 0 spiro atoms. The van der Waals surface area contributed by atoms with E-state index in [1.165, 1.54) is 0 Å². The molecule has 0 saturated carbocycles. The molecule has 0 aliphatic carbocycles. The average Bonchev–Trinajstić information content (AvgIpc) is 2.55. The van der Waals surface area contributed by atoms with Crippen LogP contribution >= 0.6 is 0 Å². The van der Waals surface area contributed by atoms with Crippen LogP contribution in [0.25, 0.3) is 0 Å². The molecule has 0 fully saturated rings. The molecule has 1 aliphatic rings. The molecule has 0 N–H and O–H groups in total. The maximum Gasteiger partial charge on any atom is 0.342 e. The standard InChI is InChI=1S/C11H12O3/c1-3-8-7-5-4-6-9(13-2)10(7)11(12)14-8/h4-6,8H,3H2,1-2H3. The molecule has 1 aromatic carbocycles. The van der Waals surface area contributed by atoms with Crippen LogP contribution in [0, 0.1) is 0 Å². The molecule has 1 aromatic rings. The number of cyclic esters (lactones) is 1. The van der Waals surface area contributed by atoms with Crippen molar-refractivity contribution in [3.05, 3.63) is 29.3 Å². The summed E-state index contributed by atoms with van der Waals surface area (Å²) in [6.07, 6.45) is 0.693. The van der Waals surface area contributed by atoms with E-state index < -0.39 is 0 Å². The molecule has 0 saturated heterocycles. The van der Waals surface area contributed by atoms with Gasteiger partial charge in [0.15, 0.2) is 0 Å². The first-order valence-electron chi connectivity index (χ1n) is 4.65. The van der Waals surface area contributed by atoms with Gasteiger partial charge in [-0.1, -0.05) is 19.1 Å². The fourth-order valence-corrected chi connectivity index (χ4v) is 1.76. The molecule has 2 rings (SSSR count). The normalized spacial score (nSPS) is 19.0. The zero-order valence-electron chi connectivity index (χ0n) is 8.24. The van der Waals surface area contributed by atoms with Gasteiger partial charge < -0.3 is 9.47 Å². The topological polar surface area (TPSA) is 35.5 Å². The maximum atomic E-state index is 11.5. The molecular weight excluding hydrogens is 180 g/mol. The van der Waals surface area contributed by atoms with E-state index in [2.05, 4.69) is 0 Å². The lowest BCUT2D eigenvalue weighted by molar-refractivity contribution is 0.0377. The lowest BCUT2D eigenvalue weighted by Gasteiger charge is -2.06. The Hall–Kier alpha value is -1.51. The van der Waals surface area contributed by atoms with E-state index in [0.717, 1.165) is 12.0 Å². The van der Waals surface area contributed by atoms with Crippen molar-refractivity contribution in [1.29, 1.82) is 0 Å². The zero-order chi connectivity index (χ0) is 10.1. The highest BCUT2D eigenvalue weighted by Crippen LogP contribution is 2.37. The Morgan fingerprint density at radius 1 is 1.50 bits per heavy atom. The summed E-state index contributed by atoms with van der Waals surface area (Å²) in [5.74, 6) is 0.327. The highest BCUT2D eigenvalue weighted by atomic mass is 16.6. The minimum Gasteiger partial charge on any atom is -0.496 e. The summed E-state index contributed by atoms with van der Waals surface area (Å²) in [5, 5.41) is 0. The van der Waals surface area contributed by atoms with Crippen molar-refractivity contribution in [1.82, 2.24) is 0 Å². The highest BCUT2D eigenvalue weighted by molar-refractivity contribution is 5.97. The van der Waals surface area contributed by atoms with Gasteiger partial charge in [-0.15, -0.1) is 0 Å². The second kappa shape index (κ2) is 3.33. The first-order chi connectivity index (χ1) is 6.77. The van der Waals surface area contributed by atoms with Gasteiger partial charge in [0.1, 0.15) is 17.4 Å². The third-order valence-corrected chi connectivity index (χ3v) is 2.45. The van der Waals surface area contributed by atoms with Gasteiger partial charge in [0.2, 0.25) is 0 Å². The van der Waals surface area contributed by atoms with Crippen LogP contribution in [0.15, 0.2) is 18.2 Å². The van der Waals surface area contributed by atoms with Crippen LogP contribution in [0.5, 0.6) is 5.75 Å². The minimum atomic E-state index is -0.274. The quantitative estimate of drug-likeness (QED) is 0.674. The second-order valence-electron chi connectivity index (χ2n) is 3.23. The number of benzene rings is 1. The summed E-state index contributed by atoms with van der Waals surface area (Å²) in [6.45, 7) is 1.99. The maximum absolute atomic E-state index is 11.5. The zero-order valence-corrected chi connectivity index (χ0v) is 8.24. The van der Waals surface area contributed by atoms with Crippen LogP contribution in [0.3, 0.4) is 0 Å². The summed E-state index contributed by atoms with van der Waals surface area (Å²) in [7, 11) is 1.56. The predicted molar refractivity (Wildman–Crippen MR) is 51.4 cm³/mol. The molecule has 1 heterocycles. The van der Waals surface area contributed by atoms with Gasteiger partial charge in [-0.25, -0.2) is 4.79 Å². The van der Waals surface area contributed by atoms with Crippen molar-refractivity contribution in [2.24, 2.45) is 0 Å².